The van der Waals surface area contributed by atoms with Crippen LogP contribution in [0.4, 0.5) is 0 Å². The number of carbonyl (C=O) groups is 2. The van der Waals surface area contributed by atoms with Gasteiger partial charge in [0.2, 0.25) is 0 Å². The molecule has 1 amide bonds. The molecule has 0 N–H and O–H groups in total. The van der Waals surface area contributed by atoms with Crippen molar-refractivity contribution in [2.24, 2.45) is 11.0 Å². The Hall–Kier alpha value is -3.10. The molecule has 1 saturated heterocycles. The standard InChI is InChI=1S/C27H32ClN3O5/c1-4-36-27(33)18-8-7-13-30(16-18)17-26(32)31-24(21-12-11-19(34-2)14-25(21)35-3)15-23(29-31)20-9-5-6-10-22(20)28/h5-6,9-12,14,18,24H,4,7-8,13,15-17H2,1-3H3. The summed E-state index contributed by atoms with van der Waals surface area (Å²) < 4.78 is 16.2. The fourth-order valence-electron chi connectivity index (χ4n) is 4.85. The zero-order chi connectivity index (χ0) is 25.7. The first-order valence-corrected chi connectivity index (χ1v) is 12.6. The second-order valence-electron chi connectivity index (χ2n) is 8.92. The van der Waals surface area contributed by atoms with E-state index in [0.29, 0.717) is 36.1 Å². The molecule has 0 saturated carbocycles. The van der Waals surface area contributed by atoms with Crippen LogP contribution in [-0.4, -0.2) is 68.0 Å². The lowest BCUT2D eigenvalue weighted by atomic mass is 9.97. The van der Waals surface area contributed by atoms with Crippen molar-refractivity contribution in [2.75, 3.05) is 40.5 Å². The Labute approximate surface area is 216 Å². The Morgan fingerprint density at radius 1 is 1.14 bits per heavy atom. The lowest BCUT2D eigenvalue weighted by Crippen LogP contribution is -2.44. The third-order valence-corrected chi connectivity index (χ3v) is 6.96. The van der Waals surface area contributed by atoms with Gasteiger partial charge in [0.15, 0.2) is 0 Å². The number of amides is 1. The van der Waals surface area contributed by atoms with Crippen LogP contribution < -0.4 is 9.47 Å². The summed E-state index contributed by atoms with van der Waals surface area (Å²) in [4.78, 5) is 27.9. The molecule has 0 aromatic heterocycles. The van der Waals surface area contributed by atoms with Crippen molar-refractivity contribution < 1.29 is 23.8 Å². The highest BCUT2D eigenvalue weighted by molar-refractivity contribution is 6.34. The van der Waals surface area contributed by atoms with E-state index in [1.807, 2.05) is 41.3 Å². The number of esters is 1. The summed E-state index contributed by atoms with van der Waals surface area (Å²) in [5.74, 6) is 0.718. The van der Waals surface area contributed by atoms with Gasteiger partial charge in [-0.1, -0.05) is 29.8 Å². The van der Waals surface area contributed by atoms with Crippen LogP contribution in [0.15, 0.2) is 47.6 Å². The van der Waals surface area contributed by atoms with Gasteiger partial charge in [0.1, 0.15) is 11.5 Å². The Kier molecular flexibility index (Phi) is 8.48. The number of likely N-dealkylation sites (tertiary alicyclic amines) is 1. The number of piperidine rings is 1. The fourth-order valence-corrected chi connectivity index (χ4v) is 5.09. The maximum absolute atomic E-state index is 13.6. The first-order valence-electron chi connectivity index (χ1n) is 12.2. The van der Waals surface area contributed by atoms with Gasteiger partial charge >= 0.3 is 5.97 Å². The maximum Gasteiger partial charge on any atom is 0.310 e. The summed E-state index contributed by atoms with van der Waals surface area (Å²) in [6.45, 7) is 3.55. The quantitative estimate of drug-likeness (QED) is 0.489. The molecule has 9 heteroatoms. The molecule has 0 bridgehead atoms. The van der Waals surface area contributed by atoms with Crippen molar-refractivity contribution in [2.45, 2.75) is 32.2 Å². The van der Waals surface area contributed by atoms with Gasteiger partial charge in [-0.2, -0.15) is 5.10 Å². The van der Waals surface area contributed by atoms with Gasteiger partial charge in [0.25, 0.3) is 5.91 Å². The number of rotatable bonds is 8. The molecule has 8 nitrogen and oxygen atoms in total. The van der Waals surface area contributed by atoms with Crippen molar-refractivity contribution in [3.8, 4) is 11.5 Å². The predicted molar refractivity (Wildman–Crippen MR) is 138 cm³/mol. The molecule has 0 spiro atoms. The first-order chi connectivity index (χ1) is 17.4. The molecule has 4 rings (SSSR count). The minimum Gasteiger partial charge on any atom is -0.497 e. The van der Waals surface area contributed by atoms with Gasteiger partial charge in [-0.05, 0) is 44.5 Å². The monoisotopic (exact) mass is 513 g/mol. The van der Waals surface area contributed by atoms with Crippen molar-refractivity contribution in [1.82, 2.24) is 9.91 Å². The fraction of sp³-hybridized carbons (Fsp3) is 0.444. The molecule has 36 heavy (non-hydrogen) atoms. The van der Waals surface area contributed by atoms with Gasteiger partial charge in [-0.25, -0.2) is 5.01 Å². The topological polar surface area (TPSA) is 80.7 Å². The maximum atomic E-state index is 13.6. The third kappa shape index (κ3) is 5.65. The lowest BCUT2D eigenvalue weighted by molar-refractivity contribution is -0.150. The number of ether oxygens (including phenoxy) is 3. The van der Waals surface area contributed by atoms with Crippen molar-refractivity contribution in [3.05, 3.63) is 58.6 Å². The van der Waals surface area contributed by atoms with E-state index >= 15 is 0 Å². The molecule has 2 aliphatic rings. The highest BCUT2D eigenvalue weighted by Gasteiger charge is 2.37. The normalized spacial score (nSPS) is 20.1. The smallest absolute Gasteiger partial charge is 0.310 e. The van der Waals surface area contributed by atoms with Gasteiger partial charge in [-0.3, -0.25) is 14.5 Å². The van der Waals surface area contributed by atoms with E-state index in [9.17, 15) is 9.59 Å². The number of hydrogen-bond acceptors (Lipinski definition) is 7. The van der Waals surface area contributed by atoms with Crippen LogP contribution in [0.3, 0.4) is 0 Å². The van der Waals surface area contributed by atoms with Crippen LogP contribution >= 0.6 is 11.6 Å². The van der Waals surface area contributed by atoms with Gasteiger partial charge in [0.05, 0.1) is 45.0 Å². The number of carbonyl (C=O) groups excluding carboxylic acids is 2. The highest BCUT2D eigenvalue weighted by Crippen LogP contribution is 2.40. The average Bonchev–Trinajstić information content (AvgIpc) is 3.34. The molecular formula is C27H32ClN3O5. The molecule has 2 aromatic rings. The third-order valence-electron chi connectivity index (χ3n) is 6.63. The summed E-state index contributed by atoms with van der Waals surface area (Å²) in [7, 11) is 3.19. The minimum atomic E-state index is -0.365. The van der Waals surface area contributed by atoms with E-state index in [1.165, 1.54) is 5.01 Å². The molecule has 2 heterocycles. The summed E-state index contributed by atoms with van der Waals surface area (Å²) in [6.07, 6.45) is 2.10. The van der Waals surface area contributed by atoms with Crippen molar-refractivity contribution >= 4 is 29.2 Å². The van der Waals surface area contributed by atoms with Crippen molar-refractivity contribution in [3.63, 3.8) is 0 Å². The molecular weight excluding hydrogens is 482 g/mol. The lowest BCUT2D eigenvalue weighted by Gasteiger charge is -2.32. The number of benzene rings is 2. The summed E-state index contributed by atoms with van der Waals surface area (Å²) in [5, 5.41) is 6.88. The largest absolute Gasteiger partial charge is 0.497 e. The zero-order valence-corrected chi connectivity index (χ0v) is 21.7. The number of hydrogen-bond donors (Lipinski definition) is 0. The van der Waals surface area contributed by atoms with Crippen LogP contribution in [0, 0.1) is 5.92 Å². The summed E-state index contributed by atoms with van der Waals surface area (Å²) >= 11 is 6.47. The van der Waals surface area contributed by atoms with Gasteiger partial charge < -0.3 is 14.2 Å². The van der Waals surface area contributed by atoms with Crippen LogP contribution in [0.2, 0.25) is 5.02 Å². The molecule has 192 valence electrons. The number of halogens is 1. The molecule has 2 aromatic carbocycles. The van der Waals surface area contributed by atoms with Crippen LogP contribution in [-0.2, 0) is 14.3 Å². The number of hydrazone groups is 1. The van der Waals surface area contributed by atoms with Crippen LogP contribution in [0.25, 0.3) is 0 Å². The van der Waals surface area contributed by atoms with Crippen LogP contribution in [0.1, 0.15) is 43.4 Å². The van der Waals surface area contributed by atoms with Crippen molar-refractivity contribution in [1.29, 1.82) is 0 Å². The van der Waals surface area contributed by atoms with E-state index in [-0.39, 0.29) is 30.4 Å². The summed E-state index contributed by atoms with van der Waals surface area (Å²) in [6, 6.07) is 12.7. The Bertz CT molecular complexity index is 1140. The minimum absolute atomic E-state index is 0.149. The van der Waals surface area contributed by atoms with E-state index in [2.05, 4.69) is 0 Å². The zero-order valence-electron chi connectivity index (χ0n) is 20.9. The Morgan fingerprint density at radius 3 is 2.67 bits per heavy atom. The predicted octanol–water partition coefficient (Wildman–Crippen LogP) is 4.31. The second kappa shape index (κ2) is 11.8. The molecule has 1 fully saturated rings. The van der Waals surface area contributed by atoms with E-state index in [4.69, 9.17) is 30.9 Å². The van der Waals surface area contributed by atoms with Crippen LogP contribution in [0.5, 0.6) is 11.5 Å². The second-order valence-corrected chi connectivity index (χ2v) is 9.33. The van der Waals surface area contributed by atoms with E-state index in [1.54, 1.807) is 27.2 Å². The van der Waals surface area contributed by atoms with Gasteiger partial charge in [0, 0.05) is 35.2 Å². The summed E-state index contributed by atoms with van der Waals surface area (Å²) in [5.41, 5.74) is 2.37. The number of methoxy groups -OCH3 is 2. The Balaban J connectivity index is 1.61. The van der Waals surface area contributed by atoms with Gasteiger partial charge in [-0.15, -0.1) is 0 Å². The first kappa shape index (κ1) is 26.0. The molecule has 2 aliphatic heterocycles. The SMILES string of the molecule is CCOC(=O)C1CCCN(CC(=O)N2N=C(c3ccccc3Cl)CC2c2ccc(OC)cc2OC)C1. The Morgan fingerprint density at radius 2 is 1.94 bits per heavy atom. The molecule has 2 unspecified atom stereocenters. The number of nitrogens with zero attached hydrogens (tertiary/aromatic N) is 3. The van der Waals surface area contributed by atoms with E-state index in [0.717, 1.165) is 36.2 Å². The van der Waals surface area contributed by atoms with E-state index < -0.39 is 0 Å². The molecule has 0 aliphatic carbocycles. The average molecular weight is 514 g/mol. The molecule has 0 radical (unpaired) electrons. The molecule has 2 atom stereocenters. The highest BCUT2D eigenvalue weighted by atomic mass is 35.5.